The molecule has 3 aromatic rings. The van der Waals surface area contributed by atoms with Crippen LogP contribution in [-0.4, -0.2) is 42.9 Å². The highest BCUT2D eigenvalue weighted by Crippen LogP contribution is 2.20. The number of nitrogens with one attached hydrogen (secondary N) is 1. The third-order valence-corrected chi connectivity index (χ3v) is 6.00. The lowest BCUT2D eigenvalue weighted by Gasteiger charge is -2.37. The molecule has 6 heteroatoms. The monoisotopic (exact) mass is 490 g/mol. The van der Waals surface area contributed by atoms with E-state index in [0.717, 1.165) is 47.5 Å². The first-order chi connectivity index (χ1) is 15.5. The number of amides is 1. The van der Waals surface area contributed by atoms with Crippen molar-refractivity contribution < 1.29 is 4.79 Å². The van der Waals surface area contributed by atoms with Gasteiger partial charge >= 0.3 is 0 Å². The standard InChI is InChI=1S/C26H27BrN4O/c1-19-16-20(2)18-23(17-19)28-26(29-25(32)21-8-10-22(27)11-9-21)31-14-12-30(13-15-31)24-6-4-3-5-7-24/h3-11,16-18H,12-15H2,1-2H3,(H,28,29,32). The smallest absolute Gasteiger partial charge is 0.257 e. The van der Waals surface area contributed by atoms with Gasteiger partial charge in [0.25, 0.3) is 5.91 Å². The number of hydrogen-bond donors (Lipinski definition) is 1. The highest BCUT2D eigenvalue weighted by molar-refractivity contribution is 9.10. The molecule has 0 radical (unpaired) electrons. The number of guanidine groups is 1. The summed E-state index contributed by atoms with van der Waals surface area (Å²) in [5, 5.41) is 3.07. The Kier molecular flexibility index (Phi) is 6.90. The van der Waals surface area contributed by atoms with Crippen LogP contribution < -0.4 is 10.2 Å². The molecule has 1 fully saturated rings. The Hall–Kier alpha value is -3.12. The van der Waals surface area contributed by atoms with Gasteiger partial charge in [0.1, 0.15) is 0 Å². The molecule has 0 aromatic heterocycles. The molecule has 0 bridgehead atoms. The van der Waals surface area contributed by atoms with Crippen LogP contribution in [0.4, 0.5) is 11.4 Å². The highest BCUT2D eigenvalue weighted by atomic mass is 79.9. The van der Waals surface area contributed by atoms with Gasteiger partial charge in [0, 0.05) is 41.9 Å². The van der Waals surface area contributed by atoms with E-state index < -0.39 is 0 Å². The highest BCUT2D eigenvalue weighted by Gasteiger charge is 2.22. The molecule has 0 spiro atoms. The lowest BCUT2D eigenvalue weighted by Crippen LogP contribution is -2.53. The molecule has 5 nitrogen and oxygen atoms in total. The summed E-state index contributed by atoms with van der Waals surface area (Å²) in [5.41, 5.74) is 4.97. The second-order valence-corrected chi connectivity index (χ2v) is 8.97. The SMILES string of the molecule is Cc1cc(C)cc(N=C(NC(=O)c2ccc(Br)cc2)N2CCN(c3ccccc3)CC2)c1. The van der Waals surface area contributed by atoms with Crippen LogP contribution in [0.1, 0.15) is 21.5 Å². The van der Waals surface area contributed by atoms with Crippen molar-refractivity contribution in [1.29, 1.82) is 0 Å². The zero-order valence-corrected chi connectivity index (χ0v) is 20.0. The summed E-state index contributed by atoms with van der Waals surface area (Å²) in [7, 11) is 0. The number of piperazine rings is 1. The van der Waals surface area contributed by atoms with Gasteiger partial charge in [-0.05, 0) is 73.5 Å². The van der Waals surface area contributed by atoms with E-state index in [1.807, 2.05) is 30.3 Å². The van der Waals surface area contributed by atoms with E-state index in [0.29, 0.717) is 11.5 Å². The van der Waals surface area contributed by atoms with Crippen LogP contribution in [0.2, 0.25) is 0 Å². The van der Waals surface area contributed by atoms with Crippen LogP contribution in [0.5, 0.6) is 0 Å². The number of anilines is 1. The number of benzene rings is 3. The number of aryl methyl sites for hydroxylation is 2. The molecule has 1 aliphatic heterocycles. The van der Waals surface area contributed by atoms with Crippen molar-refractivity contribution in [3.8, 4) is 0 Å². The molecular formula is C26H27BrN4O. The molecule has 1 amide bonds. The molecule has 3 aromatic carbocycles. The third kappa shape index (κ3) is 5.56. The maximum absolute atomic E-state index is 13.0. The molecule has 1 heterocycles. The predicted octanol–water partition coefficient (Wildman–Crippen LogP) is 5.31. The van der Waals surface area contributed by atoms with E-state index in [1.165, 1.54) is 5.69 Å². The summed E-state index contributed by atoms with van der Waals surface area (Å²) in [6, 6.07) is 24.0. The largest absolute Gasteiger partial charge is 0.368 e. The molecule has 0 aliphatic carbocycles. The predicted molar refractivity (Wildman–Crippen MR) is 135 cm³/mol. The zero-order valence-electron chi connectivity index (χ0n) is 18.4. The van der Waals surface area contributed by atoms with Crippen molar-refractivity contribution in [3.63, 3.8) is 0 Å². The number of nitrogens with zero attached hydrogens (tertiary/aromatic N) is 3. The Bertz CT molecular complexity index is 1080. The number of hydrogen-bond acceptors (Lipinski definition) is 3. The maximum atomic E-state index is 13.0. The van der Waals surface area contributed by atoms with Gasteiger partial charge in [-0.2, -0.15) is 0 Å². The van der Waals surface area contributed by atoms with Gasteiger partial charge in [0.2, 0.25) is 5.96 Å². The summed E-state index contributed by atoms with van der Waals surface area (Å²) in [6.07, 6.45) is 0. The topological polar surface area (TPSA) is 47.9 Å². The van der Waals surface area contributed by atoms with E-state index in [1.54, 1.807) is 12.1 Å². The summed E-state index contributed by atoms with van der Waals surface area (Å²) in [5.74, 6) is 0.432. The molecule has 4 rings (SSSR count). The molecule has 0 unspecified atom stereocenters. The lowest BCUT2D eigenvalue weighted by molar-refractivity contribution is 0.0971. The van der Waals surface area contributed by atoms with Crippen LogP contribution in [-0.2, 0) is 0 Å². The summed E-state index contributed by atoms with van der Waals surface area (Å²) in [4.78, 5) is 22.4. The Morgan fingerprint density at radius 3 is 2.12 bits per heavy atom. The molecule has 1 N–H and O–H groups in total. The fourth-order valence-electron chi connectivity index (χ4n) is 3.91. The van der Waals surface area contributed by atoms with E-state index >= 15 is 0 Å². The van der Waals surface area contributed by atoms with Gasteiger partial charge in [-0.25, -0.2) is 4.99 Å². The average Bonchev–Trinajstić information content (AvgIpc) is 2.79. The van der Waals surface area contributed by atoms with Crippen molar-refractivity contribution in [3.05, 3.63) is 94.0 Å². The minimum Gasteiger partial charge on any atom is -0.368 e. The second kappa shape index (κ2) is 10.0. The Morgan fingerprint density at radius 2 is 1.50 bits per heavy atom. The van der Waals surface area contributed by atoms with Crippen molar-refractivity contribution in [1.82, 2.24) is 10.2 Å². The number of aliphatic imine (C=N–C) groups is 1. The maximum Gasteiger partial charge on any atom is 0.257 e. The summed E-state index contributed by atoms with van der Waals surface area (Å²) in [6.45, 7) is 7.40. The van der Waals surface area contributed by atoms with Crippen molar-refractivity contribution >= 4 is 39.2 Å². The van der Waals surface area contributed by atoms with Gasteiger partial charge in [0.05, 0.1) is 5.69 Å². The van der Waals surface area contributed by atoms with E-state index in [4.69, 9.17) is 4.99 Å². The van der Waals surface area contributed by atoms with Crippen molar-refractivity contribution in [2.75, 3.05) is 31.1 Å². The van der Waals surface area contributed by atoms with Gasteiger partial charge in [-0.1, -0.05) is 40.2 Å². The summed E-state index contributed by atoms with van der Waals surface area (Å²) >= 11 is 3.42. The number of halogens is 1. The number of para-hydroxylation sites is 1. The fourth-order valence-corrected chi connectivity index (χ4v) is 4.17. The van der Waals surface area contributed by atoms with Crippen LogP contribution in [0.3, 0.4) is 0 Å². The molecule has 164 valence electrons. The Labute approximate surface area is 197 Å². The van der Waals surface area contributed by atoms with Crippen molar-refractivity contribution in [2.24, 2.45) is 4.99 Å². The summed E-state index contributed by atoms with van der Waals surface area (Å²) < 4.78 is 0.940. The van der Waals surface area contributed by atoms with Crippen LogP contribution in [0, 0.1) is 13.8 Å². The van der Waals surface area contributed by atoms with Gasteiger partial charge in [0.15, 0.2) is 0 Å². The lowest BCUT2D eigenvalue weighted by atomic mass is 10.1. The first kappa shape index (κ1) is 22.1. The van der Waals surface area contributed by atoms with E-state index in [9.17, 15) is 4.79 Å². The zero-order chi connectivity index (χ0) is 22.5. The van der Waals surface area contributed by atoms with Crippen molar-refractivity contribution in [2.45, 2.75) is 13.8 Å². The molecule has 32 heavy (non-hydrogen) atoms. The average molecular weight is 491 g/mol. The Morgan fingerprint density at radius 1 is 0.875 bits per heavy atom. The third-order valence-electron chi connectivity index (χ3n) is 5.47. The first-order valence-electron chi connectivity index (χ1n) is 10.8. The van der Waals surface area contributed by atoms with Gasteiger partial charge < -0.3 is 9.80 Å². The van der Waals surface area contributed by atoms with Gasteiger partial charge in [-0.3, -0.25) is 10.1 Å². The first-order valence-corrected chi connectivity index (χ1v) is 11.6. The quantitative estimate of drug-likeness (QED) is 0.399. The molecule has 0 saturated carbocycles. The normalized spacial score (nSPS) is 14.4. The van der Waals surface area contributed by atoms with Crippen LogP contribution in [0.25, 0.3) is 0 Å². The molecule has 1 aliphatic rings. The van der Waals surface area contributed by atoms with Crippen LogP contribution >= 0.6 is 15.9 Å². The second-order valence-electron chi connectivity index (χ2n) is 8.05. The fraction of sp³-hybridized carbons (Fsp3) is 0.231. The number of rotatable bonds is 3. The minimum atomic E-state index is -0.161. The molecular weight excluding hydrogens is 464 g/mol. The number of carbonyl (C=O) groups is 1. The minimum absolute atomic E-state index is 0.161. The molecule has 0 atom stereocenters. The number of carbonyl (C=O) groups excluding carboxylic acids is 1. The van der Waals surface area contributed by atoms with Gasteiger partial charge in [-0.15, -0.1) is 0 Å². The van der Waals surface area contributed by atoms with Crippen LogP contribution in [0.15, 0.2) is 82.3 Å². The Balaban J connectivity index is 1.56. The van der Waals surface area contributed by atoms with E-state index in [2.05, 4.69) is 75.2 Å². The molecule has 1 saturated heterocycles. The van der Waals surface area contributed by atoms with E-state index in [-0.39, 0.29) is 5.91 Å².